The number of carbonyl (C=O) groups is 1. The van der Waals surface area contributed by atoms with E-state index < -0.39 is 0 Å². The summed E-state index contributed by atoms with van der Waals surface area (Å²) in [6, 6.07) is 11.1. The molecule has 1 aromatic carbocycles. The number of rotatable bonds is 5. The predicted molar refractivity (Wildman–Crippen MR) is 73.8 cm³/mol. The fraction of sp³-hybridized carbons (Fsp3) is 0.562. The Morgan fingerprint density at radius 1 is 1.32 bits per heavy atom. The number of likely N-dealkylation sites (tertiary alicyclic amines) is 1. The highest BCUT2D eigenvalue weighted by Gasteiger charge is 2.46. The summed E-state index contributed by atoms with van der Waals surface area (Å²) in [4.78, 5) is 14.3. The fourth-order valence-electron chi connectivity index (χ4n) is 3.06. The minimum Gasteiger partial charge on any atom is -0.468 e. The van der Waals surface area contributed by atoms with Gasteiger partial charge in [0.05, 0.1) is 7.11 Å². The molecular formula is C16H21NO2. The topological polar surface area (TPSA) is 29.5 Å². The van der Waals surface area contributed by atoms with E-state index in [9.17, 15) is 4.79 Å². The van der Waals surface area contributed by atoms with Crippen molar-refractivity contribution in [2.45, 2.75) is 37.8 Å². The number of ether oxygens (including phenoxy) is 1. The van der Waals surface area contributed by atoms with Crippen molar-refractivity contribution >= 4 is 5.97 Å². The number of carbonyl (C=O) groups excluding carboxylic acids is 1. The van der Waals surface area contributed by atoms with Gasteiger partial charge in [-0.25, -0.2) is 0 Å². The number of esters is 1. The Labute approximate surface area is 114 Å². The fourth-order valence-corrected chi connectivity index (χ4v) is 3.06. The molecule has 1 aliphatic carbocycles. The van der Waals surface area contributed by atoms with Gasteiger partial charge in [-0.15, -0.1) is 0 Å². The van der Waals surface area contributed by atoms with E-state index in [1.54, 1.807) is 0 Å². The molecule has 2 fully saturated rings. The van der Waals surface area contributed by atoms with Crippen LogP contribution in [-0.2, 0) is 16.0 Å². The zero-order valence-electron chi connectivity index (χ0n) is 11.4. The molecule has 2 atom stereocenters. The van der Waals surface area contributed by atoms with Crippen LogP contribution in [-0.4, -0.2) is 36.6 Å². The summed E-state index contributed by atoms with van der Waals surface area (Å²) in [7, 11) is 1.50. The molecule has 1 heterocycles. The van der Waals surface area contributed by atoms with Crippen LogP contribution >= 0.6 is 0 Å². The van der Waals surface area contributed by atoms with Gasteiger partial charge < -0.3 is 4.74 Å². The summed E-state index contributed by atoms with van der Waals surface area (Å²) in [5, 5.41) is 0. The third-order valence-electron chi connectivity index (χ3n) is 4.37. The van der Waals surface area contributed by atoms with E-state index in [1.807, 2.05) is 6.07 Å². The molecule has 1 aromatic rings. The normalized spacial score (nSPS) is 24.6. The number of hydrogen-bond donors (Lipinski definition) is 0. The first-order valence-electron chi connectivity index (χ1n) is 7.17. The van der Waals surface area contributed by atoms with Gasteiger partial charge in [0.25, 0.3) is 0 Å². The van der Waals surface area contributed by atoms with Gasteiger partial charge in [-0.3, -0.25) is 9.69 Å². The Kier molecular flexibility index (Phi) is 3.56. The zero-order valence-corrected chi connectivity index (χ0v) is 11.4. The van der Waals surface area contributed by atoms with Crippen molar-refractivity contribution in [3.8, 4) is 0 Å². The summed E-state index contributed by atoms with van der Waals surface area (Å²) in [5.74, 6) is 0.492. The van der Waals surface area contributed by atoms with Crippen LogP contribution in [0.25, 0.3) is 0 Å². The van der Waals surface area contributed by atoms with Gasteiger partial charge in [0.1, 0.15) is 6.04 Å². The summed E-state index contributed by atoms with van der Waals surface area (Å²) >= 11 is 0. The van der Waals surface area contributed by atoms with Crippen LogP contribution in [0.15, 0.2) is 30.3 Å². The lowest BCUT2D eigenvalue weighted by atomic mass is 9.91. The lowest BCUT2D eigenvalue weighted by Gasteiger charge is -2.45. The third kappa shape index (κ3) is 2.66. The van der Waals surface area contributed by atoms with Gasteiger partial charge in [0.2, 0.25) is 0 Å². The van der Waals surface area contributed by atoms with Crippen LogP contribution in [0.4, 0.5) is 0 Å². The van der Waals surface area contributed by atoms with Gasteiger partial charge in [0.15, 0.2) is 0 Å². The van der Waals surface area contributed by atoms with Crippen molar-refractivity contribution in [2.24, 2.45) is 5.92 Å². The maximum Gasteiger partial charge on any atom is 0.323 e. The molecule has 3 nitrogen and oxygen atoms in total. The maximum atomic E-state index is 12.0. The van der Waals surface area contributed by atoms with E-state index in [-0.39, 0.29) is 12.0 Å². The maximum absolute atomic E-state index is 12.0. The standard InChI is InChI=1S/C16H21NO2/c1-19-16(18)15(13-7-8-13)17-10-9-14(17)11-12-5-3-2-4-6-12/h2-6,13-15H,7-11H2,1H3. The largest absolute Gasteiger partial charge is 0.468 e. The van der Waals surface area contributed by atoms with E-state index in [4.69, 9.17) is 4.74 Å². The van der Waals surface area contributed by atoms with Gasteiger partial charge in [-0.2, -0.15) is 0 Å². The molecule has 2 aliphatic rings. The Hall–Kier alpha value is -1.35. The van der Waals surface area contributed by atoms with Crippen molar-refractivity contribution < 1.29 is 9.53 Å². The van der Waals surface area contributed by atoms with Crippen LogP contribution in [0.3, 0.4) is 0 Å². The Morgan fingerprint density at radius 2 is 2.05 bits per heavy atom. The molecular weight excluding hydrogens is 238 g/mol. The summed E-state index contributed by atoms with van der Waals surface area (Å²) in [5.41, 5.74) is 1.36. The van der Waals surface area contributed by atoms with Gasteiger partial charge in [0, 0.05) is 12.6 Å². The smallest absolute Gasteiger partial charge is 0.323 e. The second-order valence-corrected chi connectivity index (χ2v) is 5.68. The molecule has 0 bridgehead atoms. The summed E-state index contributed by atoms with van der Waals surface area (Å²) < 4.78 is 4.99. The van der Waals surface area contributed by atoms with E-state index in [0.29, 0.717) is 12.0 Å². The first kappa shape index (κ1) is 12.7. The molecule has 102 valence electrons. The first-order valence-corrected chi connectivity index (χ1v) is 7.17. The summed E-state index contributed by atoms with van der Waals surface area (Å²) in [6.07, 6.45) is 4.58. The molecule has 19 heavy (non-hydrogen) atoms. The van der Waals surface area contributed by atoms with Crippen molar-refractivity contribution in [1.82, 2.24) is 4.90 Å². The average molecular weight is 259 g/mol. The van der Waals surface area contributed by atoms with E-state index in [1.165, 1.54) is 31.9 Å². The highest BCUT2D eigenvalue weighted by Crippen LogP contribution is 2.39. The highest BCUT2D eigenvalue weighted by molar-refractivity contribution is 5.76. The monoisotopic (exact) mass is 259 g/mol. The second kappa shape index (κ2) is 5.33. The third-order valence-corrected chi connectivity index (χ3v) is 4.37. The first-order chi connectivity index (χ1) is 9.29. The summed E-state index contributed by atoms with van der Waals surface area (Å²) in [6.45, 7) is 1.04. The lowest BCUT2D eigenvalue weighted by molar-refractivity contribution is -0.152. The van der Waals surface area contributed by atoms with E-state index in [0.717, 1.165) is 13.0 Å². The minimum absolute atomic E-state index is 0.00691. The molecule has 0 amide bonds. The van der Waals surface area contributed by atoms with Gasteiger partial charge in [-0.05, 0) is 37.2 Å². The van der Waals surface area contributed by atoms with Crippen LogP contribution in [0.5, 0.6) is 0 Å². The minimum atomic E-state index is -0.0414. The number of nitrogens with zero attached hydrogens (tertiary/aromatic N) is 1. The van der Waals surface area contributed by atoms with E-state index >= 15 is 0 Å². The van der Waals surface area contributed by atoms with Crippen LogP contribution in [0, 0.1) is 5.92 Å². The molecule has 1 saturated carbocycles. The second-order valence-electron chi connectivity index (χ2n) is 5.68. The van der Waals surface area contributed by atoms with Crippen molar-refractivity contribution in [3.63, 3.8) is 0 Å². The van der Waals surface area contributed by atoms with Crippen molar-refractivity contribution in [2.75, 3.05) is 13.7 Å². The van der Waals surface area contributed by atoms with Gasteiger partial charge in [-0.1, -0.05) is 30.3 Å². The van der Waals surface area contributed by atoms with Crippen LogP contribution in [0.1, 0.15) is 24.8 Å². The zero-order chi connectivity index (χ0) is 13.2. The predicted octanol–water partition coefficient (Wildman–Crippen LogP) is 2.25. The van der Waals surface area contributed by atoms with E-state index in [2.05, 4.69) is 29.2 Å². The molecule has 1 aliphatic heterocycles. The Balaban J connectivity index is 1.66. The van der Waals surface area contributed by atoms with Gasteiger partial charge >= 0.3 is 5.97 Å². The molecule has 3 heteroatoms. The van der Waals surface area contributed by atoms with Crippen molar-refractivity contribution in [1.29, 1.82) is 0 Å². The SMILES string of the molecule is COC(=O)C(C1CC1)N1CCC1Cc1ccccc1. The lowest BCUT2D eigenvalue weighted by Crippen LogP contribution is -2.57. The quantitative estimate of drug-likeness (QED) is 0.760. The van der Waals surface area contributed by atoms with Crippen LogP contribution < -0.4 is 0 Å². The molecule has 3 rings (SSSR count). The average Bonchev–Trinajstić information content (AvgIpc) is 3.25. The Bertz CT molecular complexity index is 441. The molecule has 0 spiro atoms. The molecule has 1 saturated heterocycles. The number of methoxy groups -OCH3 is 1. The Morgan fingerprint density at radius 3 is 2.58 bits per heavy atom. The molecule has 0 aromatic heterocycles. The molecule has 2 unspecified atom stereocenters. The van der Waals surface area contributed by atoms with Crippen molar-refractivity contribution in [3.05, 3.63) is 35.9 Å². The number of benzene rings is 1. The highest BCUT2D eigenvalue weighted by atomic mass is 16.5. The number of hydrogen-bond acceptors (Lipinski definition) is 3. The molecule has 0 radical (unpaired) electrons. The molecule has 0 N–H and O–H groups in total. The van der Waals surface area contributed by atoms with Crippen LogP contribution in [0.2, 0.25) is 0 Å².